The highest BCUT2D eigenvalue weighted by Gasteiger charge is 2.57. The number of benzene rings is 2. The molecule has 1 aliphatic carbocycles. The first-order valence-corrected chi connectivity index (χ1v) is 14.1. The molecule has 0 bridgehead atoms. The molecule has 2 saturated heterocycles. The molecule has 2 amide bonds. The molecule has 2 aromatic carbocycles. The first kappa shape index (κ1) is 26.0. The third kappa shape index (κ3) is 4.72. The molecule has 1 N–H and O–H groups in total. The fraction of sp³-hybridized carbons (Fsp3) is 0.419. The smallest absolute Gasteiger partial charge is 0.289 e. The van der Waals surface area contributed by atoms with Crippen LogP contribution >= 0.6 is 11.6 Å². The molecule has 3 fully saturated rings. The van der Waals surface area contributed by atoms with Gasteiger partial charge in [-0.3, -0.25) is 9.59 Å². The van der Waals surface area contributed by atoms with Gasteiger partial charge in [-0.05, 0) is 79.6 Å². The van der Waals surface area contributed by atoms with Gasteiger partial charge in [0.15, 0.2) is 5.76 Å². The minimum atomic E-state index is -0.492. The van der Waals surface area contributed by atoms with Gasteiger partial charge in [-0.1, -0.05) is 35.9 Å². The Balaban J connectivity index is 1.16. The second kappa shape index (κ2) is 10.0. The number of halogens is 1. The highest BCUT2D eigenvalue weighted by molar-refractivity contribution is 6.30. The van der Waals surface area contributed by atoms with Crippen molar-refractivity contribution in [2.24, 2.45) is 5.92 Å². The number of likely N-dealkylation sites (tertiary alicyclic amines) is 1. The second-order valence-corrected chi connectivity index (χ2v) is 11.9. The van der Waals surface area contributed by atoms with Crippen LogP contribution < -0.4 is 10.2 Å². The van der Waals surface area contributed by atoms with E-state index < -0.39 is 5.54 Å². The number of rotatable bonds is 7. The number of piperidine rings is 1. The lowest BCUT2D eigenvalue weighted by molar-refractivity contribution is -0.125. The normalized spacial score (nSPS) is 24.1. The summed E-state index contributed by atoms with van der Waals surface area (Å²) in [6, 6.07) is 19.9. The van der Waals surface area contributed by atoms with Crippen LogP contribution in [0.4, 0.5) is 5.69 Å². The maximum atomic E-state index is 13.1. The van der Waals surface area contributed by atoms with Gasteiger partial charge in [0.25, 0.3) is 5.91 Å². The number of carbonyl (C=O) groups is 2. The number of likely N-dealkylation sites (N-methyl/N-ethyl adjacent to an activating group) is 1. The minimum Gasteiger partial charge on any atom is -0.459 e. The van der Waals surface area contributed by atoms with E-state index in [1.807, 2.05) is 25.2 Å². The molecule has 1 saturated carbocycles. The van der Waals surface area contributed by atoms with Gasteiger partial charge in [0.05, 0.1) is 12.9 Å². The molecule has 204 valence electrons. The van der Waals surface area contributed by atoms with Crippen LogP contribution in [0.2, 0.25) is 5.02 Å². The van der Waals surface area contributed by atoms with Gasteiger partial charge in [-0.25, -0.2) is 0 Å². The third-order valence-electron chi connectivity index (χ3n) is 9.04. The van der Waals surface area contributed by atoms with Crippen molar-refractivity contribution < 1.29 is 14.0 Å². The number of nitrogens with one attached hydrogen (secondary N) is 1. The molecule has 1 spiro atoms. The summed E-state index contributed by atoms with van der Waals surface area (Å²) in [4.78, 5) is 32.7. The molecule has 3 heterocycles. The van der Waals surface area contributed by atoms with Crippen LogP contribution in [-0.4, -0.2) is 67.0 Å². The van der Waals surface area contributed by atoms with Crippen molar-refractivity contribution >= 4 is 29.1 Å². The van der Waals surface area contributed by atoms with Crippen LogP contribution in [0, 0.1) is 12.8 Å². The molecular weight excluding hydrogens is 512 g/mol. The number of aryl methyl sites for hydroxylation is 1. The lowest BCUT2D eigenvalue weighted by Crippen LogP contribution is -2.56. The number of nitrogens with zero attached hydrogens (tertiary/aromatic N) is 3. The van der Waals surface area contributed by atoms with Crippen LogP contribution in [0.15, 0.2) is 71.3 Å². The van der Waals surface area contributed by atoms with E-state index in [0.29, 0.717) is 29.9 Å². The summed E-state index contributed by atoms with van der Waals surface area (Å²) in [5.41, 5.74) is 2.82. The fourth-order valence-corrected chi connectivity index (χ4v) is 6.97. The summed E-state index contributed by atoms with van der Waals surface area (Å²) < 4.78 is 5.37. The Kier molecular flexibility index (Phi) is 6.68. The number of hydrogen-bond donors (Lipinski definition) is 1. The van der Waals surface area contributed by atoms with E-state index in [9.17, 15) is 9.59 Å². The van der Waals surface area contributed by atoms with E-state index >= 15 is 0 Å². The predicted octanol–water partition coefficient (Wildman–Crippen LogP) is 4.70. The SMILES string of the molecule is Cc1cccc(N2CNC(=O)C23CCN(CC2C[C@@]2(CN(C)C(=O)c2ccco2)c2cccc(Cl)c2)CC3)c1. The van der Waals surface area contributed by atoms with Crippen molar-refractivity contribution in [3.8, 4) is 0 Å². The molecule has 1 aromatic heterocycles. The van der Waals surface area contributed by atoms with Gasteiger partial charge in [0.2, 0.25) is 5.91 Å². The largest absolute Gasteiger partial charge is 0.459 e. The van der Waals surface area contributed by atoms with Crippen molar-refractivity contribution in [3.05, 3.63) is 88.8 Å². The zero-order valence-electron chi connectivity index (χ0n) is 22.5. The first-order chi connectivity index (χ1) is 18.8. The number of anilines is 1. The lowest BCUT2D eigenvalue weighted by atomic mass is 9.85. The molecule has 3 aromatic rings. The first-order valence-electron chi connectivity index (χ1n) is 13.7. The predicted molar refractivity (Wildman–Crippen MR) is 152 cm³/mol. The Morgan fingerprint density at radius 1 is 1.13 bits per heavy atom. The molecule has 39 heavy (non-hydrogen) atoms. The molecule has 3 aliphatic rings. The average molecular weight is 547 g/mol. The van der Waals surface area contributed by atoms with E-state index in [2.05, 4.69) is 52.4 Å². The average Bonchev–Trinajstić information content (AvgIpc) is 3.24. The van der Waals surface area contributed by atoms with Crippen LogP contribution in [-0.2, 0) is 10.2 Å². The highest BCUT2D eigenvalue weighted by Crippen LogP contribution is 2.55. The van der Waals surface area contributed by atoms with Crippen LogP contribution in [0.25, 0.3) is 0 Å². The molecule has 0 radical (unpaired) electrons. The van der Waals surface area contributed by atoms with Crippen LogP contribution in [0.3, 0.4) is 0 Å². The summed E-state index contributed by atoms with van der Waals surface area (Å²) in [5.74, 6) is 0.768. The Bertz CT molecular complexity index is 1370. The summed E-state index contributed by atoms with van der Waals surface area (Å²) in [7, 11) is 1.84. The zero-order valence-corrected chi connectivity index (χ0v) is 23.3. The maximum absolute atomic E-state index is 13.1. The second-order valence-electron chi connectivity index (χ2n) is 11.5. The lowest BCUT2D eigenvalue weighted by Gasteiger charge is -2.43. The number of furan rings is 1. The Hall–Kier alpha value is -3.29. The quantitative estimate of drug-likeness (QED) is 0.465. The van der Waals surface area contributed by atoms with E-state index in [4.69, 9.17) is 16.0 Å². The summed E-state index contributed by atoms with van der Waals surface area (Å²) in [6.45, 7) is 5.89. The molecule has 7 nitrogen and oxygen atoms in total. The zero-order chi connectivity index (χ0) is 27.2. The van der Waals surface area contributed by atoms with E-state index in [0.717, 1.165) is 44.6 Å². The maximum Gasteiger partial charge on any atom is 0.289 e. The van der Waals surface area contributed by atoms with Crippen molar-refractivity contribution in [3.63, 3.8) is 0 Å². The molecule has 2 aliphatic heterocycles. The molecule has 6 rings (SSSR count). The standard InChI is InChI=1S/C31H35ClN4O3/c1-22-6-3-9-26(16-22)36-21-33-29(38)31(36)11-13-35(14-12-31)19-24-18-30(24,23-7-4-8-25(32)17-23)20-34(2)28(37)27-10-5-15-39-27/h3-10,15-17,24H,11-14,18-21H2,1-2H3,(H,33,38)/t24?,30-/m1/s1. The van der Waals surface area contributed by atoms with E-state index in [1.165, 1.54) is 17.4 Å². The van der Waals surface area contributed by atoms with Gasteiger partial charge in [-0.15, -0.1) is 0 Å². The van der Waals surface area contributed by atoms with Gasteiger partial charge < -0.3 is 24.4 Å². The van der Waals surface area contributed by atoms with Gasteiger partial charge >= 0.3 is 0 Å². The Morgan fingerprint density at radius 3 is 2.64 bits per heavy atom. The van der Waals surface area contributed by atoms with E-state index in [1.54, 1.807) is 17.0 Å². The number of amides is 2. The summed E-state index contributed by atoms with van der Waals surface area (Å²) in [5, 5.41) is 3.82. The number of carbonyl (C=O) groups excluding carboxylic acids is 2. The van der Waals surface area contributed by atoms with Gasteiger partial charge in [0, 0.05) is 49.4 Å². The molecule has 1 unspecified atom stereocenters. The number of hydrogen-bond acceptors (Lipinski definition) is 5. The monoisotopic (exact) mass is 546 g/mol. The topological polar surface area (TPSA) is 69.0 Å². The highest BCUT2D eigenvalue weighted by atomic mass is 35.5. The summed E-state index contributed by atoms with van der Waals surface area (Å²) in [6.07, 6.45) is 4.10. The van der Waals surface area contributed by atoms with Crippen molar-refractivity contribution in [2.75, 3.05) is 44.8 Å². The Labute approximate surface area is 234 Å². The van der Waals surface area contributed by atoms with E-state index in [-0.39, 0.29) is 17.2 Å². The van der Waals surface area contributed by atoms with Crippen LogP contribution in [0.1, 0.15) is 40.9 Å². The third-order valence-corrected chi connectivity index (χ3v) is 9.28. The summed E-state index contributed by atoms with van der Waals surface area (Å²) >= 11 is 6.41. The van der Waals surface area contributed by atoms with Crippen molar-refractivity contribution in [1.82, 2.24) is 15.1 Å². The van der Waals surface area contributed by atoms with Crippen LogP contribution in [0.5, 0.6) is 0 Å². The minimum absolute atomic E-state index is 0.115. The van der Waals surface area contributed by atoms with Crippen molar-refractivity contribution in [1.29, 1.82) is 0 Å². The van der Waals surface area contributed by atoms with Gasteiger partial charge in [0.1, 0.15) is 5.54 Å². The van der Waals surface area contributed by atoms with Gasteiger partial charge in [-0.2, -0.15) is 0 Å². The molecular formula is C31H35ClN4O3. The molecule has 2 atom stereocenters. The Morgan fingerprint density at radius 2 is 1.92 bits per heavy atom. The van der Waals surface area contributed by atoms with Crippen molar-refractivity contribution in [2.45, 2.75) is 37.1 Å². The fourth-order valence-electron chi connectivity index (χ4n) is 6.78. The molecule has 8 heteroatoms.